The van der Waals surface area contributed by atoms with Crippen molar-refractivity contribution in [3.05, 3.63) is 12.2 Å². The average molecular weight is 602 g/mol. The Morgan fingerprint density at radius 2 is 1.02 bits per heavy atom. The fraction of sp³-hybridized carbons (Fsp3) is 0.912. The van der Waals surface area contributed by atoms with Crippen LogP contribution in [-0.2, 0) is 14.9 Å². The lowest BCUT2D eigenvalue weighted by Crippen LogP contribution is -2.47. The molecule has 0 aromatic rings. The highest BCUT2D eigenvalue weighted by Crippen LogP contribution is 2.15. The summed E-state index contributed by atoms with van der Waals surface area (Å²) in [6, 6.07) is -0.969. The van der Waals surface area contributed by atoms with E-state index in [4.69, 9.17) is 0 Å². The highest BCUT2D eigenvalue weighted by molar-refractivity contribution is 7.85. The minimum Gasteiger partial charge on any atom is -0.391 e. The second-order valence-corrected chi connectivity index (χ2v) is 13.6. The molecule has 0 radical (unpaired) electrons. The Labute approximate surface area is 254 Å². The van der Waals surface area contributed by atoms with Crippen molar-refractivity contribution in [2.45, 2.75) is 193 Å². The minimum absolute atomic E-state index is 0.255. The van der Waals surface area contributed by atoms with E-state index < -0.39 is 28.0 Å². The van der Waals surface area contributed by atoms with Gasteiger partial charge in [0.05, 0.1) is 17.9 Å². The maximum absolute atomic E-state index is 12.4. The van der Waals surface area contributed by atoms with Gasteiger partial charge < -0.3 is 10.4 Å². The van der Waals surface area contributed by atoms with E-state index in [0.29, 0.717) is 12.8 Å². The smallest absolute Gasteiger partial charge is 0.266 e. The van der Waals surface area contributed by atoms with Crippen LogP contribution in [0.5, 0.6) is 0 Å². The molecule has 0 spiro atoms. The minimum atomic E-state index is -4.30. The highest BCUT2D eigenvalue weighted by atomic mass is 32.2. The van der Waals surface area contributed by atoms with E-state index in [9.17, 15) is 22.9 Å². The van der Waals surface area contributed by atoms with Gasteiger partial charge in [0.25, 0.3) is 10.1 Å². The van der Waals surface area contributed by atoms with E-state index >= 15 is 0 Å². The van der Waals surface area contributed by atoms with Gasteiger partial charge >= 0.3 is 0 Å². The Morgan fingerprint density at radius 3 is 1.46 bits per heavy atom. The van der Waals surface area contributed by atoms with Crippen molar-refractivity contribution >= 4 is 16.0 Å². The predicted molar refractivity (Wildman–Crippen MR) is 175 cm³/mol. The van der Waals surface area contributed by atoms with Crippen LogP contribution in [0.25, 0.3) is 0 Å². The van der Waals surface area contributed by atoms with Crippen molar-refractivity contribution in [3.63, 3.8) is 0 Å². The van der Waals surface area contributed by atoms with Gasteiger partial charge in [0.2, 0.25) is 5.91 Å². The van der Waals surface area contributed by atoms with Crippen molar-refractivity contribution in [3.8, 4) is 0 Å². The molecule has 3 N–H and O–H groups in total. The van der Waals surface area contributed by atoms with Gasteiger partial charge in [-0.25, -0.2) is 0 Å². The van der Waals surface area contributed by atoms with Gasteiger partial charge in [-0.2, -0.15) is 8.42 Å². The SMILES string of the molecule is CCCCCCCCC/C=C\CCCCCCCC(=O)NC(CS(=O)(=O)O)C(O)CCCCCCCCCCCC. The molecule has 0 heterocycles. The van der Waals surface area contributed by atoms with Gasteiger partial charge in [0.15, 0.2) is 0 Å². The van der Waals surface area contributed by atoms with Crippen LogP contribution in [0.15, 0.2) is 12.2 Å². The molecule has 0 saturated heterocycles. The molecule has 0 aromatic carbocycles. The Hall–Kier alpha value is -0.920. The van der Waals surface area contributed by atoms with Crippen LogP contribution in [-0.4, -0.2) is 41.9 Å². The molecule has 6 nitrogen and oxygen atoms in total. The summed E-state index contributed by atoms with van der Waals surface area (Å²) in [4.78, 5) is 12.4. The number of carbonyl (C=O) groups is 1. The molecule has 1 amide bonds. The van der Waals surface area contributed by atoms with E-state index in [1.54, 1.807) is 0 Å². The summed E-state index contributed by atoms with van der Waals surface area (Å²) in [5, 5.41) is 13.2. The molecule has 244 valence electrons. The number of aliphatic hydroxyl groups is 1. The maximum atomic E-state index is 12.4. The molecule has 0 bridgehead atoms. The summed E-state index contributed by atoms with van der Waals surface area (Å²) >= 11 is 0. The monoisotopic (exact) mass is 601 g/mol. The van der Waals surface area contributed by atoms with Crippen molar-refractivity contribution < 1.29 is 22.9 Å². The second kappa shape index (κ2) is 29.2. The zero-order chi connectivity index (χ0) is 30.4. The normalized spacial score (nSPS) is 13.6. The number of carbonyl (C=O) groups excluding carboxylic acids is 1. The molecule has 0 rings (SSSR count). The van der Waals surface area contributed by atoms with E-state index in [0.717, 1.165) is 51.4 Å². The number of nitrogens with one attached hydrogen (secondary N) is 1. The first-order valence-electron chi connectivity index (χ1n) is 17.4. The molecule has 41 heavy (non-hydrogen) atoms. The van der Waals surface area contributed by atoms with Gasteiger partial charge in [0, 0.05) is 6.42 Å². The summed E-state index contributed by atoms with van der Waals surface area (Å²) in [5.74, 6) is -0.904. The summed E-state index contributed by atoms with van der Waals surface area (Å²) < 4.78 is 32.3. The number of hydrogen-bond donors (Lipinski definition) is 3. The summed E-state index contributed by atoms with van der Waals surface area (Å²) in [6.45, 7) is 4.48. The highest BCUT2D eigenvalue weighted by Gasteiger charge is 2.26. The van der Waals surface area contributed by atoms with Crippen LogP contribution in [0.1, 0.15) is 181 Å². The molecule has 0 aliphatic rings. The van der Waals surface area contributed by atoms with E-state index in [2.05, 4.69) is 31.3 Å². The zero-order valence-corrected chi connectivity index (χ0v) is 27.7. The van der Waals surface area contributed by atoms with Crippen LogP contribution in [0.2, 0.25) is 0 Å². The number of amides is 1. The molecule has 0 saturated carbocycles. The average Bonchev–Trinajstić information content (AvgIpc) is 2.92. The van der Waals surface area contributed by atoms with Crippen LogP contribution in [0.4, 0.5) is 0 Å². The third kappa shape index (κ3) is 30.3. The molecule has 7 heteroatoms. The Morgan fingerprint density at radius 1 is 0.634 bits per heavy atom. The summed E-state index contributed by atoms with van der Waals surface area (Å²) in [5.41, 5.74) is 0. The molecular formula is C34H67NO5S. The third-order valence-corrected chi connectivity index (χ3v) is 8.75. The lowest BCUT2D eigenvalue weighted by atomic mass is 10.0. The molecular weight excluding hydrogens is 534 g/mol. The standard InChI is InChI=1S/C34H67NO5S/c1-3-5-7-9-11-13-15-16-17-18-19-20-22-24-26-28-30-34(37)35-32(31-41(38,39)40)33(36)29-27-25-23-21-14-12-10-8-6-4-2/h17-18,32-33,36H,3-16,19-31H2,1-2H3,(H,35,37)(H,38,39,40)/b18-17-. The fourth-order valence-electron chi connectivity index (χ4n) is 5.33. The Bertz CT molecular complexity index is 710. The molecule has 0 aliphatic heterocycles. The molecule has 2 unspecified atom stereocenters. The van der Waals surface area contributed by atoms with Gasteiger partial charge in [-0.15, -0.1) is 0 Å². The summed E-state index contributed by atoms with van der Waals surface area (Å²) in [6.07, 6.45) is 33.0. The van der Waals surface area contributed by atoms with Crippen LogP contribution in [0.3, 0.4) is 0 Å². The number of hydrogen-bond acceptors (Lipinski definition) is 4. The van der Waals surface area contributed by atoms with Crippen LogP contribution >= 0.6 is 0 Å². The number of unbranched alkanes of at least 4 members (excludes halogenated alkanes) is 21. The maximum Gasteiger partial charge on any atom is 0.266 e. The fourth-order valence-corrected chi connectivity index (χ4v) is 6.09. The Kier molecular flexibility index (Phi) is 28.5. The molecule has 2 atom stereocenters. The first-order valence-corrected chi connectivity index (χ1v) is 19.0. The second-order valence-electron chi connectivity index (χ2n) is 12.1. The first-order chi connectivity index (χ1) is 19.8. The van der Waals surface area contributed by atoms with Gasteiger partial charge in [-0.3, -0.25) is 9.35 Å². The predicted octanol–water partition coefficient (Wildman–Crippen LogP) is 9.46. The van der Waals surface area contributed by atoms with Crippen molar-refractivity contribution in [2.75, 3.05) is 5.75 Å². The van der Waals surface area contributed by atoms with Crippen molar-refractivity contribution in [1.82, 2.24) is 5.32 Å². The number of allylic oxidation sites excluding steroid dienone is 2. The van der Waals surface area contributed by atoms with Gasteiger partial charge in [0.1, 0.15) is 0 Å². The largest absolute Gasteiger partial charge is 0.391 e. The quantitative estimate of drug-likeness (QED) is 0.0417. The van der Waals surface area contributed by atoms with E-state index in [1.807, 2.05) is 0 Å². The zero-order valence-electron chi connectivity index (χ0n) is 26.9. The van der Waals surface area contributed by atoms with Gasteiger partial charge in [-0.1, -0.05) is 148 Å². The topological polar surface area (TPSA) is 104 Å². The van der Waals surface area contributed by atoms with E-state index in [1.165, 1.54) is 103 Å². The lowest BCUT2D eigenvalue weighted by Gasteiger charge is -2.23. The van der Waals surface area contributed by atoms with E-state index in [-0.39, 0.29) is 5.91 Å². The molecule has 0 aliphatic carbocycles. The molecule has 0 fully saturated rings. The number of aliphatic hydroxyl groups excluding tert-OH is 1. The Balaban J connectivity index is 3.93. The van der Waals surface area contributed by atoms with Gasteiger partial charge in [-0.05, 0) is 38.5 Å². The molecule has 0 aromatic heterocycles. The summed E-state index contributed by atoms with van der Waals surface area (Å²) in [7, 11) is -4.30. The van der Waals surface area contributed by atoms with Crippen LogP contribution < -0.4 is 5.32 Å². The number of rotatable bonds is 31. The lowest BCUT2D eigenvalue weighted by molar-refractivity contribution is -0.122. The third-order valence-electron chi connectivity index (χ3n) is 7.97. The van der Waals surface area contributed by atoms with Crippen molar-refractivity contribution in [1.29, 1.82) is 0 Å². The van der Waals surface area contributed by atoms with Crippen LogP contribution in [0, 0.1) is 0 Å². The van der Waals surface area contributed by atoms with Crippen molar-refractivity contribution in [2.24, 2.45) is 0 Å². The first kappa shape index (κ1) is 40.1.